The molecular weight excluding hydrogens is 312 g/mol. The lowest BCUT2D eigenvalue weighted by molar-refractivity contribution is 0.102. The molecule has 25 heavy (non-hydrogen) atoms. The molecule has 0 aliphatic carbocycles. The number of nitrogens with zero attached hydrogens (tertiary/aromatic N) is 2. The zero-order chi connectivity index (χ0) is 17.6. The van der Waals surface area contributed by atoms with Crippen LogP contribution < -0.4 is 11.1 Å². The molecule has 0 radical (unpaired) electrons. The van der Waals surface area contributed by atoms with Gasteiger partial charge in [0.15, 0.2) is 0 Å². The van der Waals surface area contributed by atoms with Crippen LogP contribution in [0.5, 0.6) is 0 Å². The lowest BCUT2D eigenvalue weighted by Crippen LogP contribution is -2.13. The van der Waals surface area contributed by atoms with Crippen molar-refractivity contribution in [3.63, 3.8) is 0 Å². The molecule has 0 aliphatic heterocycles. The van der Waals surface area contributed by atoms with Gasteiger partial charge >= 0.3 is 0 Å². The largest absolute Gasteiger partial charge is 0.397 e. The summed E-state index contributed by atoms with van der Waals surface area (Å²) < 4.78 is 0. The van der Waals surface area contributed by atoms with Crippen LogP contribution in [0.1, 0.15) is 15.9 Å². The topological polar surface area (TPSA) is 91.8 Å². The van der Waals surface area contributed by atoms with E-state index in [-0.39, 0.29) is 5.91 Å². The summed E-state index contributed by atoms with van der Waals surface area (Å²) in [5, 5.41) is 11.6. The van der Waals surface area contributed by atoms with E-state index in [0.29, 0.717) is 23.4 Å². The Labute approximate surface area is 145 Å². The standard InChI is InChI=1S/C20H16N4O/c21-10-9-14-3-5-15(6-4-14)16-7-8-18(22)19(12-16)24-20(25)17-2-1-11-23-13-17/h1-8,11-13H,9,22H2,(H,24,25). The molecule has 0 saturated carbocycles. The third-order valence-electron chi connectivity index (χ3n) is 3.80. The Morgan fingerprint density at radius 3 is 2.56 bits per heavy atom. The monoisotopic (exact) mass is 328 g/mol. The molecule has 5 nitrogen and oxygen atoms in total. The van der Waals surface area contributed by atoms with Crippen molar-refractivity contribution in [2.75, 3.05) is 11.1 Å². The molecule has 122 valence electrons. The molecule has 0 unspecified atom stereocenters. The van der Waals surface area contributed by atoms with E-state index in [1.165, 1.54) is 6.20 Å². The number of benzene rings is 2. The average Bonchev–Trinajstić information content (AvgIpc) is 2.65. The summed E-state index contributed by atoms with van der Waals surface area (Å²) in [6.45, 7) is 0. The molecule has 1 aromatic heterocycles. The minimum Gasteiger partial charge on any atom is -0.397 e. The van der Waals surface area contributed by atoms with Gasteiger partial charge in [0.2, 0.25) is 0 Å². The highest BCUT2D eigenvalue weighted by atomic mass is 16.1. The maximum Gasteiger partial charge on any atom is 0.257 e. The van der Waals surface area contributed by atoms with Crippen molar-refractivity contribution < 1.29 is 4.79 Å². The summed E-state index contributed by atoms with van der Waals surface area (Å²) in [7, 11) is 0. The third kappa shape index (κ3) is 3.82. The fraction of sp³-hybridized carbons (Fsp3) is 0.0500. The lowest BCUT2D eigenvalue weighted by Gasteiger charge is -2.11. The maximum atomic E-state index is 12.3. The molecule has 0 fully saturated rings. The Morgan fingerprint density at radius 1 is 1.12 bits per heavy atom. The van der Waals surface area contributed by atoms with Gasteiger partial charge in [-0.1, -0.05) is 30.3 Å². The smallest absolute Gasteiger partial charge is 0.257 e. The van der Waals surface area contributed by atoms with Crippen LogP contribution in [0.25, 0.3) is 11.1 Å². The number of aromatic nitrogens is 1. The second kappa shape index (κ2) is 7.28. The normalized spacial score (nSPS) is 10.0. The number of hydrogen-bond donors (Lipinski definition) is 2. The molecule has 5 heteroatoms. The van der Waals surface area contributed by atoms with Gasteiger partial charge in [-0.2, -0.15) is 5.26 Å². The second-order valence-electron chi connectivity index (χ2n) is 5.53. The Hall–Kier alpha value is -3.65. The van der Waals surface area contributed by atoms with Gasteiger partial charge in [-0.15, -0.1) is 0 Å². The molecule has 0 bridgehead atoms. The van der Waals surface area contributed by atoms with Crippen molar-refractivity contribution in [3.8, 4) is 17.2 Å². The molecule has 3 rings (SSSR count). The predicted molar refractivity (Wildman–Crippen MR) is 97.8 cm³/mol. The van der Waals surface area contributed by atoms with E-state index in [0.717, 1.165) is 16.7 Å². The molecular formula is C20H16N4O. The van der Waals surface area contributed by atoms with Crippen LogP contribution in [0.2, 0.25) is 0 Å². The summed E-state index contributed by atoms with van der Waals surface area (Å²) in [6.07, 6.45) is 3.50. The second-order valence-corrected chi connectivity index (χ2v) is 5.53. The number of nitrogens with two attached hydrogens (primary N) is 1. The summed E-state index contributed by atoms with van der Waals surface area (Å²) in [6, 6.07) is 18.8. The molecule has 0 aliphatic rings. The number of anilines is 2. The number of hydrogen-bond acceptors (Lipinski definition) is 4. The first-order valence-electron chi connectivity index (χ1n) is 7.74. The van der Waals surface area contributed by atoms with Crippen LogP contribution in [0.4, 0.5) is 11.4 Å². The molecule has 0 spiro atoms. The van der Waals surface area contributed by atoms with Crippen LogP contribution in [0, 0.1) is 11.3 Å². The van der Waals surface area contributed by atoms with Crippen molar-refractivity contribution in [1.29, 1.82) is 5.26 Å². The number of nitrogen functional groups attached to an aromatic ring is 1. The molecule has 1 amide bonds. The van der Waals surface area contributed by atoms with Gasteiger partial charge in [-0.05, 0) is 41.0 Å². The van der Waals surface area contributed by atoms with E-state index in [2.05, 4.69) is 16.4 Å². The van der Waals surface area contributed by atoms with Gasteiger partial charge in [-0.3, -0.25) is 9.78 Å². The van der Waals surface area contributed by atoms with Gasteiger partial charge in [0.05, 0.1) is 29.4 Å². The zero-order valence-electron chi connectivity index (χ0n) is 13.4. The summed E-state index contributed by atoms with van der Waals surface area (Å²) in [5.41, 5.74) is 10.4. The number of nitriles is 1. The van der Waals surface area contributed by atoms with Crippen LogP contribution in [-0.4, -0.2) is 10.9 Å². The fourth-order valence-corrected chi connectivity index (χ4v) is 2.44. The van der Waals surface area contributed by atoms with Crippen molar-refractivity contribution in [1.82, 2.24) is 4.98 Å². The highest BCUT2D eigenvalue weighted by molar-refractivity contribution is 6.05. The van der Waals surface area contributed by atoms with Crippen LogP contribution in [-0.2, 0) is 6.42 Å². The Balaban J connectivity index is 1.85. The van der Waals surface area contributed by atoms with Gasteiger partial charge < -0.3 is 11.1 Å². The number of amides is 1. The van der Waals surface area contributed by atoms with Crippen LogP contribution in [0.3, 0.4) is 0 Å². The SMILES string of the molecule is N#CCc1ccc(-c2ccc(N)c(NC(=O)c3cccnc3)c2)cc1. The highest BCUT2D eigenvalue weighted by Gasteiger charge is 2.09. The highest BCUT2D eigenvalue weighted by Crippen LogP contribution is 2.28. The zero-order valence-corrected chi connectivity index (χ0v) is 13.4. The predicted octanol–water partition coefficient (Wildman–Crippen LogP) is 3.65. The number of nitrogens with one attached hydrogen (secondary N) is 1. The maximum absolute atomic E-state index is 12.3. The molecule has 0 atom stereocenters. The van der Waals surface area contributed by atoms with Crippen molar-refractivity contribution >= 4 is 17.3 Å². The van der Waals surface area contributed by atoms with E-state index in [1.807, 2.05) is 36.4 Å². The van der Waals surface area contributed by atoms with E-state index in [9.17, 15) is 4.79 Å². The Bertz CT molecular complexity index is 928. The van der Waals surface area contributed by atoms with E-state index < -0.39 is 0 Å². The first kappa shape index (κ1) is 16.2. The fourth-order valence-electron chi connectivity index (χ4n) is 2.44. The van der Waals surface area contributed by atoms with E-state index >= 15 is 0 Å². The molecule has 0 saturated heterocycles. The van der Waals surface area contributed by atoms with Gasteiger partial charge in [0.25, 0.3) is 5.91 Å². The quantitative estimate of drug-likeness (QED) is 0.715. The number of carbonyl (C=O) groups excluding carboxylic acids is 1. The van der Waals surface area contributed by atoms with E-state index in [4.69, 9.17) is 11.0 Å². The average molecular weight is 328 g/mol. The van der Waals surface area contributed by atoms with Gasteiger partial charge in [0.1, 0.15) is 0 Å². The summed E-state index contributed by atoms with van der Waals surface area (Å²) >= 11 is 0. The molecule has 3 aromatic rings. The van der Waals surface area contributed by atoms with E-state index in [1.54, 1.807) is 24.4 Å². The molecule has 3 N–H and O–H groups in total. The summed E-state index contributed by atoms with van der Waals surface area (Å²) in [4.78, 5) is 16.2. The van der Waals surface area contributed by atoms with Crippen LogP contribution >= 0.6 is 0 Å². The number of pyridine rings is 1. The number of carbonyl (C=O) groups is 1. The van der Waals surface area contributed by atoms with Crippen molar-refractivity contribution in [3.05, 3.63) is 78.1 Å². The summed E-state index contributed by atoms with van der Waals surface area (Å²) in [5.74, 6) is -0.263. The Kier molecular flexibility index (Phi) is 4.72. The van der Waals surface area contributed by atoms with Crippen molar-refractivity contribution in [2.45, 2.75) is 6.42 Å². The molecule has 1 heterocycles. The Morgan fingerprint density at radius 2 is 1.88 bits per heavy atom. The molecule has 2 aromatic carbocycles. The van der Waals surface area contributed by atoms with Gasteiger partial charge in [0, 0.05) is 12.4 Å². The number of rotatable bonds is 4. The third-order valence-corrected chi connectivity index (χ3v) is 3.80. The first-order valence-corrected chi connectivity index (χ1v) is 7.74. The lowest BCUT2D eigenvalue weighted by atomic mass is 10.0. The minimum absolute atomic E-state index is 0.263. The van der Waals surface area contributed by atoms with Crippen molar-refractivity contribution in [2.24, 2.45) is 0 Å². The minimum atomic E-state index is -0.263. The van der Waals surface area contributed by atoms with Gasteiger partial charge in [-0.25, -0.2) is 0 Å². The first-order chi connectivity index (χ1) is 12.2. The van der Waals surface area contributed by atoms with Crippen LogP contribution in [0.15, 0.2) is 67.0 Å².